The van der Waals surface area contributed by atoms with Crippen LogP contribution in [0.2, 0.25) is 0 Å². The van der Waals surface area contributed by atoms with Gasteiger partial charge in [0.15, 0.2) is 6.61 Å². The number of rotatable bonds is 5. The van der Waals surface area contributed by atoms with Crippen LogP contribution >= 0.6 is 11.8 Å². The molecule has 23 heavy (non-hydrogen) atoms. The van der Waals surface area contributed by atoms with E-state index >= 15 is 0 Å². The number of urea groups is 1. The van der Waals surface area contributed by atoms with E-state index in [1.807, 2.05) is 13.8 Å². The van der Waals surface area contributed by atoms with Gasteiger partial charge in [-0.3, -0.25) is 14.9 Å². The van der Waals surface area contributed by atoms with Gasteiger partial charge in [0.2, 0.25) is 5.91 Å². The Kier molecular flexibility index (Phi) is 5.51. The molecule has 2 atom stereocenters. The average Bonchev–Trinajstić information content (AvgIpc) is 2.99. The Morgan fingerprint density at radius 1 is 1.43 bits per heavy atom. The molecule has 128 valence electrons. The average molecular weight is 343 g/mol. The van der Waals surface area contributed by atoms with Crippen molar-refractivity contribution in [1.29, 1.82) is 0 Å². The molecule has 0 aliphatic carbocycles. The molecule has 2 aliphatic heterocycles. The third-order valence-electron chi connectivity index (χ3n) is 3.85. The van der Waals surface area contributed by atoms with Gasteiger partial charge < -0.3 is 15.0 Å². The first-order valence-corrected chi connectivity index (χ1v) is 8.56. The molecule has 2 rings (SSSR count). The summed E-state index contributed by atoms with van der Waals surface area (Å²) in [5.41, 5.74) is 0. The van der Waals surface area contributed by atoms with Crippen molar-refractivity contribution in [3.05, 3.63) is 0 Å². The normalized spacial score (nSPS) is 25.9. The molecule has 4 amide bonds. The highest BCUT2D eigenvalue weighted by Crippen LogP contribution is 2.47. The number of nitrogens with zero attached hydrogens (tertiary/aromatic N) is 1. The zero-order valence-electron chi connectivity index (χ0n) is 13.2. The first-order valence-electron chi connectivity index (χ1n) is 7.58. The van der Waals surface area contributed by atoms with E-state index in [1.165, 1.54) is 0 Å². The number of imide groups is 1. The van der Waals surface area contributed by atoms with Gasteiger partial charge in [-0.15, -0.1) is 11.8 Å². The molecule has 2 saturated heterocycles. The summed E-state index contributed by atoms with van der Waals surface area (Å²) in [5.74, 6) is -0.920. The number of carbonyl (C=O) groups is 4. The molecule has 0 aromatic carbocycles. The monoisotopic (exact) mass is 343 g/mol. The number of amides is 4. The van der Waals surface area contributed by atoms with Gasteiger partial charge in [-0.2, -0.15) is 0 Å². The fraction of sp³-hybridized carbons (Fsp3) is 0.714. The number of hydrogen-bond donors (Lipinski definition) is 2. The number of fused-ring (bicyclic) bond motifs is 1. The van der Waals surface area contributed by atoms with E-state index in [0.717, 1.165) is 6.42 Å². The zero-order valence-corrected chi connectivity index (χ0v) is 14.0. The molecule has 0 saturated carbocycles. The Morgan fingerprint density at radius 3 is 2.87 bits per heavy atom. The minimum Gasteiger partial charge on any atom is -0.454 e. The highest BCUT2D eigenvalue weighted by atomic mass is 32.2. The van der Waals surface area contributed by atoms with E-state index in [-0.39, 0.29) is 10.8 Å². The fourth-order valence-electron chi connectivity index (χ4n) is 2.67. The van der Waals surface area contributed by atoms with Gasteiger partial charge in [0.25, 0.3) is 5.91 Å². The van der Waals surface area contributed by atoms with Crippen LogP contribution in [-0.4, -0.2) is 58.5 Å². The van der Waals surface area contributed by atoms with Crippen molar-refractivity contribution in [1.82, 2.24) is 15.5 Å². The van der Waals surface area contributed by atoms with Crippen LogP contribution in [0.25, 0.3) is 0 Å². The molecule has 8 nitrogen and oxygen atoms in total. The van der Waals surface area contributed by atoms with Gasteiger partial charge in [0.1, 0.15) is 6.04 Å². The second-order valence-corrected chi connectivity index (χ2v) is 7.18. The second kappa shape index (κ2) is 7.20. The van der Waals surface area contributed by atoms with Crippen molar-refractivity contribution in [3.8, 4) is 0 Å². The maximum absolute atomic E-state index is 12.1. The topological polar surface area (TPSA) is 105 Å². The van der Waals surface area contributed by atoms with Crippen molar-refractivity contribution < 1.29 is 23.9 Å². The lowest BCUT2D eigenvalue weighted by atomic mass is 10.2. The quantitative estimate of drug-likeness (QED) is 0.692. The highest BCUT2D eigenvalue weighted by Gasteiger charge is 2.53. The minimum absolute atomic E-state index is 0.0668. The molecular formula is C14H21N3O5S. The third kappa shape index (κ3) is 3.95. The van der Waals surface area contributed by atoms with Crippen molar-refractivity contribution >= 4 is 35.6 Å². The van der Waals surface area contributed by atoms with E-state index in [1.54, 1.807) is 16.7 Å². The fourth-order valence-corrected chi connectivity index (χ4v) is 4.09. The zero-order chi connectivity index (χ0) is 17.0. The Labute approximate surface area is 138 Å². The Bertz CT molecular complexity index is 527. The molecule has 9 heteroatoms. The smallest absolute Gasteiger partial charge is 0.330 e. The molecule has 2 N–H and O–H groups in total. The summed E-state index contributed by atoms with van der Waals surface area (Å²) >= 11 is 1.55. The maximum atomic E-state index is 12.1. The predicted molar refractivity (Wildman–Crippen MR) is 83.5 cm³/mol. The van der Waals surface area contributed by atoms with Gasteiger partial charge in [-0.1, -0.05) is 6.92 Å². The SMILES string of the molecule is CCCNC(=O)NC(=O)COC(=O)[C@H]1CS[C@@]2(C)CCC(=O)N12. The number of carbonyl (C=O) groups excluding carboxylic acids is 4. The Hall–Kier alpha value is -1.77. The van der Waals surface area contributed by atoms with Crippen LogP contribution in [-0.2, 0) is 19.1 Å². The summed E-state index contributed by atoms with van der Waals surface area (Å²) in [6.07, 6.45) is 1.88. The number of nitrogens with one attached hydrogen (secondary N) is 2. The summed E-state index contributed by atoms with van der Waals surface area (Å²) in [6, 6.07) is -1.28. The third-order valence-corrected chi connectivity index (χ3v) is 5.36. The molecule has 0 unspecified atom stereocenters. The summed E-state index contributed by atoms with van der Waals surface area (Å²) < 4.78 is 4.96. The van der Waals surface area contributed by atoms with E-state index in [2.05, 4.69) is 10.6 Å². The van der Waals surface area contributed by atoms with Crippen LogP contribution in [0, 0.1) is 0 Å². The number of hydrogen-bond acceptors (Lipinski definition) is 6. The van der Waals surface area contributed by atoms with Crippen LogP contribution < -0.4 is 10.6 Å². The predicted octanol–water partition coefficient (Wildman–Crippen LogP) is 0.219. The van der Waals surface area contributed by atoms with Crippen molar-refractivity contribution in [2.45, 2.75) is 44.0 Å². The molecule has 2 heterocycles. The molecule has 0 radical (unpaired) electrons. The first kappa shape index (κ1) is 17.6. The van der Waals surface area contributed by atoms with Gasteiger partial charge in [-0.05, 0) is 19.8 Å². The first-order chi connectivity index (χ1) is 10.9. The number of thioether (sulfide) groups is 1. The second-order valence-electron chi connectivity index (χ2n) is 5.68. The largest absolute Gasteiger partial charge is 0.454 e. The lowest BCUT2D eigenvalue weighted by molar-refractivity contribution is -0.156. The highest BCUT2D eigenvalue weighted by molar-refractivity contribution is 8.01. The Balaban J connectivity index is 1.80. The Morgan fingerprint density at radius 2 is 2.17 bits per heavy atom. The molecule has 0 aromatic heterocycles. The standard InChI is InChI=1S/C14H21N3O5S/c1-3-6-15-13(21)16-10(18)7-22-12(20)9-8-23-14(2)5-4-11(19)17(9)14/h9H,3-8H2,1-2H3,(H2,15,16,18,21)/t9-,14+/m1/s1. The van der Waals surface area contributed by atoms with Crippen LogP contribution in [0.1, 0.15) is 33.1 Å². The van der Waals surface area contributed by atoms with Crippen LogP contribution in [0.3, 0.4) is 0 Å². The number of esters is 1. The van der Waals surface area contributed by atoms with Crippen LogP contribution in [0.4, 0.5) is 4.79 Å². The molecule has 0 spiro atoms. The summed E-state index contributed by atoms with van der Waals surface area (Å²) in [4.78, 5) is 48.1. The molecule has 0 aromatic rings. The van der Waals surface area contributed by atoms with Gasteiger partial charge >= 0.3 is 12.0 Å². The van der Waals surface area contributed by atoms with E-state index in [9.17, 15) is 19.2 Å². The molecule has 0 bridgehead atoms. The van der Waals surface area contributed by atoms with Gasteiger partial charge in [0, 0.05) is 18.7 Å². The summed E-state index contributed by atoms with van der Waals surface area (Å²) in [5, 5.41) is 4.55. The van der Waals surface area contributed by atoms with E-state index < -0.39 is 30.6 Å². The van der Waals surface area contributed by atoms with Crippen molar-refractivity contribution in [2.24, 2.45) is 0 Å². The van der Waals surface area contributed by atoms with Crippen LogP contribution in [0.15, 0.2) is 0 Å². The molecule has 2 aliphatic rings. The molecule has 2 fully saturated rings. The van der Waals surface area contributed by atoms with E-state index in [4.69, 9.17) is 4.74 Å². The summed E-state index contributed by atoms with van der Waals surface area (Å²) in [6.45, 7) is 3.73. The van der Waals surface area contributed by atoms with Crippen molar-refractivity contribution in [2.75, 3.05) is 18.9 Å². The van der Waals surface area contributed by atoms with Crippen LogP contribution in [0.5, 0.6) is 0 Å². The molecular weight excluding hydrogens is 322 g/mol. The minimum atomic E-state index is -0.701. The van der Waals surface area contributed by atoms with E-state index in [0.29, 0.717) is 25.1 Å². The van der Waals surface area contributed by atoms with Gasteiger partial charge in [0.05, 0.1) is 4.87 Å². The lowest BCUT2D eigenvalue weighted by Gasteiger charge is -2.29. The van der Waals surface area contributed by atoms with Gasteiger partial charge in [-0.25, -0.2) is 9.59 Å². The summed E-state index contributed by atoms with van der Waals surface area (Å²) in [7, 11) is 0. The number of ether oxygens (including phenoxy) is 1. The lowest BCUT2D eigenvalue weighted by Crippen LogP contribution is -2.47. The maximum Gasteiger partial charge on any atom is 0.330 e. The van der Waals surface area contributed by atoms with Crippen molar-refractivity contribution in [3.63, 3.8) is 0 Å².